The number of benzene rings is 1. The van der Waals surface area contributed by atoms with Crippen molar-refractivity contribution >= 4 is 12.0 Å². The number of rotatable bonds is 4. The van der Waals surface area contributed by atoms with Crippen molar-refractivity contribution in [1.29, 1.82) is 5.26 Å². The Labute approximate surface area is 115 Å². The fourth-order valence-electron chi connectivity index (χ4n) is 1.61. The predicted molar refractivity (Wildman–Crippen MR) is 72.3 cm³/mol. The molecule has 5 heteroatoms. The van der Waals surface area contributed by atoms with E-state index in [4.69, 9.17) is 9.68 Å². The van der Waals surface area contributed by atoms with Crippen molar-refractivity contribution in [2.75, 3.05) is 0 Å². The SMILES string of the molecule is N#C/C(=C/c1cccc(O)c1)C(=O)NCc1ccco1. The van der Waals surface area contributed by atoms with E-state index in [0.717, 1.165) is 0 Å². The van der Waals surface area contributed by atoms with E-state index in [1.165, 1.54) is 24.5 Å². The second kappa shape index (κ2) is 6.25. The molecule has 0 radical (unpaired) electrons. The lowest BCUT2D eigenvalue weighted by Gasteiger charge is -2.02. The Morgan fingerprint density at radius 2 is 2.25 bits per heavy atom. The Morgan fingerprint density at radius 3 is 2.90 bits per heavy atom. The minimum absolute atomic E-state index is 0.0397. The molecule has 0 atom stereocenters. The average Bonchev–Trinajstić information content (AvgIpc) is 2.95. The second-order valence-electron chi connectivity index (χ2n) is 4.03. The van der Waals surface area contributed by atoms with Gasteiger partial charge >= 0.3 is 0 Å². The van der Waals surface area contributed by atoms with Gasteiger partial charge in [-0.1, -0.05) is 12.1 Å². The van der Waals surface area contributed by atoms with Crippen molar-refractivity contribution < 1.29 is 14.3 Å². The van der Waals surface area contributed by atoms with E-state index in [9.17, 15) is 9.90 Å². The first-order chi connectivity index (χ1) is 9.69. The van der Waals surface area contributed by atoms with Crippen LogP contribution in [0.2, 0.25) is 0 Å². The van der Waals surface area contributed by atoms with E-state index in [1.54, 1.807) is 24.3 Å². The van der Waals surface area contributed by atoms with Crippen molar-refractivity contribution in [2.24, 2.45) is 0 Å². The zero-order valence-corrected chi connectivity index (χ0v) is 10.5. The summed E-state index contributed by atoms with van der Waals surface area (Å²) in [6.45, 7) is 0.213. The molecule has 0 spiro atoms. The van der Waals surface area contributed by atoms with Crippen molar-refractivity contribution in [3.8, 4) is 11.8 Å². The minimum Gasteiger partial charge on any atom is -0.508 e. The lowest BCUT2D eigenvalue weighted by Crippen LogP contribution is -2.23. The number of phenolic OH excluding ortho intramolecular Hbond substituents is 1. The lowest BCUT2D eigenvalue weighted by atomic mass is 10.1. The molecule has 1 amide bonds. The molecule has 2 aromatic rings. The molecule has 0 unspecified atom stereocenters. The van der Waals surface area contributed by atoms with Crippen LogP contribution in [0.25, 0.3) is 6.08 Å². The normalized spacial score (nSPS) is 10.8. The number of nitriles is 1. The van der Waals surface area contributed by atoms with E-state index in [2.05, 4.69) is 5.32 Å². The van der Waals surface area contributed by atoms with Gasteiger partial charge < -0.3 is 14.8 Å². The fraction of sp³-hybridized carbons (Fsp3) is 0.0667. The number of nitrogens with zero attached hydrogens (tertiary/aromatic N) is 1. The highest BCUT2D eigenvalue weighted by molar-refractivity contribution is 6.01. The molecule has 0 saturated heterocycles. The summed E-state index contributed by atoms with van der Waals surface area (Å²) in [6.07, 6.45) is 2.92. The van der Waals surface area contributed by atoms with Gasteiger partial charge in [0.15, 0.2) is 0 Å². The van der Waals surface area contributed by atoms with Crippen molar-refractivity contribution in [3.63, 3.8) is 0 Å². The van der Waals surface area contributed by atoms with Crippen molar-refractivity contribution in [3.05, 3.63) is 59.6 Å². The second-order valence-corrected chi connectivity index (χ2v) is 4.03. The van der Waals surface area contributed by atoms with Crippen LogP contribution in [0.4, 0.5) is 0 Å². The molecule has 0 saturated carbocycles. The summed E-state index contributed by atoms with van der Waals surface area (Å²) in [6, 6.07) is 11.6. The maximum atomic E-state index is 11.9. The van der Waals surface area contributed by atoms with Crippen LogP contribution in [0.15, 0.2) is 52.7 Å². The number of carbonyl (C=O) groups is 1. The van der Waals surface area contributed by atoms with Crippen LogP contribution in [0.1, 0.15) is 11.3 Å². The summed E-state index contributed by atoms with van der Waals surface area (Å²) in [5, 5.41) is 20.9. The Balaban J connectivity index is 2.07. The van der Waals surface area contributed by atoms with Crippen LogP contribution in [0.3, 0.4) is 0 Å². The highest BCUT2D eigenvalue weighted by Gasteiger charge is 2.09. The standard InChI is InChI=1S/C15H12N2O3/c16-9-12(7-11-3-1-4-13(18)8-11)15(19)17-10-14-5-2-6-20-14/h1-8,18H,10H2,(H,17,19)/b12-7-. The zero-order chi connectivity index (χ0) is 14.4. The minimum atomic E-state index is -0.493. The van der Waals surface area contributed by atoms with Gasteiger partial charge in [0.25, 0.3) is 5.91 Å². The molecule has 1 aromatic heterocycles. The molecule has 0 fully saturated rings. The van der Waals surface area contributed by atoms with Gasteiger partial charge in [-0.15, -0.1) is 0 Å². The third kappa shape index (κ3) is 3.50. The average molecular weight is 268 g/mol. The fourth-order valence-corrected chi connectivity index (χ4v) is 1.61. The summed E-state index contributed by atoms with van der Waals surface area (Å²) in [5.74, 6) is 0.187. The predicted octanol–water partition coefficient (Wildman–Crippen LogP) is 2.21. The molecule has 0 aliphatic rings. The Kier molecular flexibility index (Phi) is 4.20. The molecular weight excluding hydrogens is 256 g/mol. The van der Waals surface area contributed by atoms with Crippen LogP contribution in [0, 0.1) is 11.3 Å². The van der Waals surface area contributed by atoms with Gasteiger partial charge in [0, 0.05) is 0 Å². The maximum Gasteiger partial charge on any atom is 0.262 e. The quantitative estimate of drug-likeness (QED) is 0.657. The van der Waals surface area contributed by atoms with Gasteiger partial charge in [0.1, 0.15) is 23.2 Å². The van der Waals surface area contributed by atoms with Gasteiger partial charge in [-0.05, 0) is 35.9 Å². The van der Waals surface area contributed by atoms with E-state index in [0.29, 0.717) is 11.3 Å². The van der Waals surface area contributed by atoms with Gasteiger partial charge in [0.05, 0.1) is 12.8 Å². The van der Waals surface area contributed by atoms with Gasteiger partial charge in [-0.2, -0.15) is 5.26 Å². The number of phenols is 1. The molecule has 100 valence electrons. The van der Waals surface area contributed by atoms with Crippen LogP contribution < -0.4 is 5.32 Å². The van der Waals surface area contributed by atoms with Crippen LogP contribution in [0.5, 0.6) is 5.75 Å². The highest BCUT2D eigenvalue weighted by Crippen LogP contribution is 2.14. The van der Waals surface area contributed by atoms with Gasteiger partial charge in [-0.25, -0.2) is 0 Å². The number of hydrogen-bond donors (Lipinski definition) is 2. The first kappa shape index (κ1) is 13.4. The molecule has 20 heavy (non-hydrogen) atoms. The summed E-state index contributed by atoms with van der Waals surface area (Å²) in [7, 11) is 0. The van der Waals surface area contributed by atoms with Gasteiger partial charge in [-0.3, -0.25) is 4.79 Å². The first-order valence-electron chi connectivity index (χ1n) is 5.90. The molecule has 2 rings (SSSR count). The van der Waals surface area contributed by atoms with E-state index >= 15 is 0 Å². The third-order valence-corrected chi connectivity index (χ3v) is 2.55. The third-order valence-electron chi connectivity index (χ3n) is 2.55. The molecule has 5 nitrogen and oxygen atoms in total. The number of carbonyl (C=O) groups excluding carboxylic acids is 1. The lowest BCUT2D eigenvalue weighted by molar-refractivity contribution is -0.117. The van der Waals surface area contributed by atoms with Crippen molar-refractivity contribution in [1.82, 2.24) is 5.32 Å². The Hall–Kier alpha value is -3.00. The largest absolute Gasteiger partial charge is 0.508 e. The van der Waals surface area contributed by atoms with E-state index in [-0.39, 0.29) is 17.9 Å². The van der Waals surface area contributed by atoms with E-state index in [1.807, 2.05) is 6.07 Å². The molecular formula is C15H12N2O3. The Morgan fingerprint density at radius 1 is 1.40 bits per heavy atom. The smallest absolute Gasteiger partial charge is 0.262 e. The van der Waals surface area contributed by atoms with Crippen LogP contribution in [-0.4, -0.2) is 11.0 Å². The Bertz CT molecular complexity index is 667. The zero-order valence-electron chi connectivity index (χ0n) is 10.5. The number of nitrogens with one attached hydrogen (secondary N) is 1. The maximum absolute atomic E-state index is 11.9. The van der Waals surface area contributed by atoms with Crippen molar-refractivity contribution in [2.45, 2.75) is 6.54 Å². The highest BCUT2D eigenvalue weighted by atomic mass is 16.3. The monoisotopic (exact) mass is 268 g/mol. The number of hydrogen-bond acceptors (Lipinski definition) is 4. The molecule has 1 heterocycles. The summed E-state index contributed by atoms with van der Waals surface area (Å²) >= 11 is 0. The van der Waals surface area contributed by atoms with Crippen LogP contribution >= 0.6 is 0 Å². The number of aromatic hydroxyl groups is 1. The molecule has 0 aliphatic carbocycles. The number of amides is 1. The summed E-state index contributed by atoms with van der Waals surface area (Å²) in [4.78, 5) is 11.9. The molecule has 0 bridgehead atoms. The molecule has 2 N–H and O–H groups in total. The molecule has 1 aromatic carbocycles. The van der Waals surface area contributed by atoms with Crippen LogP contribution in [-0.2, 0) is 11.3 Å². The topological polar surface area (TPSA) is 86.3 Å². The first-order valence-corrected chi connectivity index (χ1v) is 5.90. The molecule has 0 aliphatic heterocycles. The van der Waals surface area contributed by atoms with Gasteiger partial charge in [0.2, 0.25) is 0 Å². The van der Waals surface area contributed by atoms with E-state index < -0.39 is 5.91 Å². The summed E-state index contributed by atoms with van der Waals surface area (Å²) < 4.78 is 5.08. The summed E-state index contributed by atoms with van der Waals surface area (Å²) in [5.41, 5.74) is 0.539. The number of furan rings is 1.